The van der Waals surface area contributed by atoms with E-state index in [-0.39, 0.29) is 5.91 Å². The van der Waals surface area contributed by atoms with Crippen molar-refractivity contribution in [3.8, 4) is 0 Å². The number of nitrogens with one attached hydrogen (secondary N) is 1. The number of carbonyl (C=O) groups excluding carboxylic acids is 1. The summed E-state index contributed by atoms with van der Waals surface area (Å²) in [4.78, 5) is 16.5. The second kappa shape index (κ2) is 8.12. The molecule has 1 aromatic rings. The minimum absolute atomic E-state index is 0.341. The van der Waals surface area contributed by atoms with Crippen molar-refractivity contribution in [2.75, 3.05) is 47.3 Å². The fourth-order valence-corrected chi connectivity index (χ4v) is 2.44. The molecule has 0 aliphatic rings. The molecule has 1 unspecified atom stereocenters. The Morgan fingerprint density at radius 2 is 1.81 bits per heavy atom. The molecule has 0 heterocycles. The molecule has 0 aliphatic carbocycles. The van der Waals surface area contributed by atoms with Crippen molar-refractivity contribution >= 4 is 5.91 Å². The molecule has 0 fully saturated rings. The summed E-state index contributed by atoms with van der Waals surface area (Å²) in [5.74, 6) is -0.341. The summed E-state index contributed by atoms with van der Waals surface area (Å²) in [5.41, 5.74) is 5.82. The van der Waals surface area contributed by atoms with Gasteiger partial charge >= 0.3 is 0 Å². The van der Waals surface area contributed by atoms with E-state index in [1.807, 2.05) is 58.4 Å². The molecule has 5 nitrogen and oxygen atoms in total. The lowest BCUT2D eigenvalue weighted by Gasteiger charge is -2.36. The first-order chi connectivity index (χ1) is 9.92. The van der Waals surface area contributed by atoms with Crippen LogP contribution in [0.4, 0.5) is 0 Å². The van der Waals surface area contributed by atoms with Crippen LogP contribution < -0.4 is 11.1 Å². The summed E-state index contributed by atoms with van der Waals surface area (Å²) in [7, 11) is 6.09. The SMILES string of the molecule is CCNC(CN(C)CCN(C)C)(C(N)=O)c1ccccc1. The van der Waals surface area contributed by atoms with Crippen LogP contribution in [-0.4, -0.2) is 63.0 Å². The number of likely N-dealkylation sites (N-methyl/N-ethyl adjacent to an activating group) is 3. The molecule has 1 rings (SSSR count). The molecule has 1 aromatic carbocycles. The highest BCUT2D eigenvalue weighted by atomic mass is 16.1. The van der Waals surface area contributed by atoms with Gasteiger partial charge in [0, 0.05) is 19.6 Å². The van der Waals surface area contributed by atoms with Crippen molar-refractivity contribution in [2.45, 2.75) is 12.5 Å². The van der Waals surface area contributed by atoms with Gasteiger partial charge in [0.1, 0.15) is 5.54 Å². The molecule has 0 spiro atoms. The van der Waals surface area contributed by atoms with Crippen molar-refractivity contribution in [1.82, 2.24) is 15.1 Å². The third-order valence-electron chi connectivity index (χ3n) is 3.60. The maximum absolute atomic E-state index is 12.2. The highest BCUT2D eigenvalue weighted by molar-refractivity contribution is 5.86. The molecular weight excluding hydrogens is 264 g/mol. The highest BCUT2D eigenvalue weighted by Crippen LogP contribution is 2.22. The Bertz CT molecular complexity index is 435. The molecule has 5 heteroatoms. The van der Waals surface area contributed by atoms with Gasteiger partial charge in [0.05, 0.1) is 0 Å². The summed E-state index contributed by atoms with van der Waals surface area (Å²) in [6.07, 6.45) is 0. The number of nitrogens with zero attached hydrogens (tertiary/aromatic N) is 2. The second-order valence-corrected chi connectivity index (χ2v) is 5.71. The Labute approximate surface area is 128 Å². The highest BCUT2D eigenvalue weighted by Gasteiger charge is 2.38. The van der Waals surface area contributed by atoms with Gasteiger partial charge in [-0.05, 0) is 33.3 Å². The van der Waals surface area contributed by atoms with Gasteiger partial charge < -0.3 is 15.5 Å². The van der Waals surface area contributed by atoms with E-state index in [1.165, 1.54) is 0 Å². The van der Waals surface area contributed by atoms with Crippen LogP contribution in [0.1, 0.15) is 12.5 Å². The van der Waals surface area contributed by atoms with Gasteiger partial charge in [0.25, 0.3) is 0 Å². The van der Waals surface area contributed by atoms with E-state index in [1.54, 1.807) is 0 Å². The molecule has 3 N–H and O–H groups in total. The fraction of sp³-hybridized carbons (Fsp3) is 0.562. The number of primary amides is 1. The number of benzene rings is 1. The first kappa shape index (κ1) is 17.6. The van der Waals surface area contributed by atoms with E-state index < -0.39 is 5.54 Å². The van der Waals surface area contributed by atoms with Gasteiger partial charge in [-0.25, -0.2) is 0 Å². The average Bonchev–Trinajstić information content (AvgIpc) is 2.45. The number of rotatable bonds is 9. The standard InChI is InChI=1S/C16H28N4O/c1-5-18-16(15(17)21,14-9-7-6-8-10-14)13-20(4)12-11-19(2)3/h6-10,18H,5,11-13H2,1-4H3,(H2,17,21). The van der Waals surface area contributed by atoms with Crippen molar-refractivity contribution in [3.63, 3.8) is 0 Å². The predicted molar refractivity (Wildman–Crippen MR) is 87.0 cm³/mol. The maximum Gasteiger partial charge on any atom is 0.243 e. The monoisotopic (exact) mass is 292 g/mol. The van der Waals surface area contributed by atoms with Crippen molar-refractivity contribution in [3.05, 3.63) is 35.9 Å². The molecule has 0 bridgehead atoms. The van der Waals surface area contributed by atoms with Crippen molar-refractivity contribution in [2.24, 2.45) is 5.73 Å². The Balaban J connectivity index is 2.99. The Morgan fingerprint density at radius 3 is 2.29 bits per heavy atom. The van der Waals surface area contributed by atoms with Gasteiger partial charge in [-0.15, -0.1) is 0 Å². The van der Waals surface area contributed by atoms with Crippen LogP contribution in [0.15, 0.2) is 30.3 Å². The molecule has 0 aromatic heterocycles. The summed E-state index contributed by atoms with van der Waals surface area (Å²) < 4.78 is 0. The summed E-state index contributed by atoms with van der Waals surface area (Å²) in [6.45, 7) is 5.03. The average molecular weight is 292 g/mol. The third kappa shape index (κ3) is 4.81. The van der Waals surface area contributed by atoms with E-state index >= 15 is 0 Å². The summed E-state index contributed by atoms with van der Waals surface area (Å²) >= 11 is 0. The molecule has 21 heavy (non-hydrogen) atoms. The van der Waals surface area contributed by atoms with E-state index in [0.717, 1.165) is 18.7 Å². The molecule has 0 aliphatic heterocycles. The summed E-state index contributed by atoms with van der Waals surface area (Å²) in [5, 5.41) is 3.30. The van der Waals surface area contributed by atoms with Crippen LogP contribution in [0.25, 0.3) is 0 Å². The zero-order chi connectivity index (χ0) is 15.9. The first-order valence-electron chi connectivity index (χ1n) is 7.36. The van der Waals surface area contributed by atoms with Gasteiger partial charge in [-0.3, -0.25) is 10.1 Å². The number of amides is 1. The van der Waals surface area contributed by atoms with Gasteiger partial charge in [-0.1, -0.05) is 37.3 Å². The number of carbonyl (C=O) groups is 1. The van der Waals surface area contributed by atoms with Crippen molar-refractivity contribution < 1.29 is 4.79 Å². The third-order valence-corrected chi connectivity index (χ3v) is 3.60. The molecule has 118 valence electrons. The van der Waals surface area contributed by atoms with Crippen LogP contribution in [0, 0.1) is 0 Å². The van der Waals surface area contributed by atoms with Gasteiger partial charge in [0.2, 0.25) is 5.91 Å². The topological polar surface area (TPSA) is 61.6 Å². The second-order valence-electron chi connectivity index (χ2n) is 5.71. The van der Waals surface area contributed by atoms with Crippen LogP contribution >= 0.6 is 0 Å². The molecule has 0 radical (unpaired) electrons. The Morgan fingerprint density at radius 1 is 1.19 bits per heavy atom. The quantitative estimate of drug-likeness (QED) is 0.694. The number of hydrogen-bond donors (Lipinski definition) is 2. The van der Waals surface area contributed by atoms with Gasteiger partial charge in [-0.2, -0.15) is 0 Å². The molecule has 0 saturated carbocycles. The summed E-state index contributed by atoms with van der Waals surface area (Å²) in [6, 6.07) is 9.71. The maximum atomic E-state index is 12.2. The number of hydrogen-bond acceptors (Lipinski definition) is 4. The molecule has 1 amide bonds. The van der Waals surface area contributed by atoms with E-state index in [9.17, 15) is 4.79 Å². The zero-order valence-corrected chi connectivity index (χ0v) is 13.6. The van der Waals surface area contributed by atoms with Crippen molar-refractivity contribution in [1.29, 1.82) is 0 Å². The first-order valence-corrected chi connectivity index (χ1v) is 7.36. The zero-order valence-electron chi connectivity index (χ0n) is 13.6. The minimum Gasteiger partial charge on any atom is -0.368 e. The predicted octanol–water partition coefficient (Wildman–Crippen LogP) is 0.470. The molecular formula is C16H28N4O. The Kier molecular flexibility index (Phi) is 6.81. The van der Waals surface area contributed by atoms with E-state index in [4.69, 9.17) is 5.73 Å². The normalized spacial score (nSPS) is 14.4. The lowest BCUT2D eigenvalue weighted by atomic mass is 9.88. The van der Waals surface area contributed by atoms with Crippen LogP contribution in [-0.2, 0) is 10.3 Å². The lowest BCUT2D eigenvalue weighted by molar-refractivity contribution is -0.125. The number of nitrogens with two attached hydrogens (primary N) is 1. The van der Waals surface area contributed by atoms with Gasteiger partial charge in [0.15, 0.2) is 0 Å². The molecule has 1 atom stereocenters. The minimum atomic E-state index is -0.850. The van der Waals surface area contributed by atoms with E-state index in [0.29, 0.717) is 13.1 Å². The fourth-order valence-electron chi connectivity index (χ4n) is 2.44. The van der Waals surface area contributed by atoms with E-state index in [2.05, 4.69) is 15.1 Å². The molecule has 0 saturated heterocycles. The lowest BCUT2D eigenvalue weighted by Crippen LogP contribution is -2.58. The largest absolute Gasteiger partial charge is 0.368 e. The van der Waals surface area contributed by atoms with Crippen LogP contribution in [0.3, 0.4) is 0 Å². The van der Waals surface area contributed by atoms with Crippen LogP contribution in [0.5, 0.6) is 0 Å². The smallest absolute Gasteiger partial charge is 0.243 e. The van der Waals surface area contributed by atoms with Crippen LogP contribution in [0.2, 0.25) is 0 Å². The Hall–Kier alpha value is -1.43.